The van der Waals surface area contributed by atoms with Gasteiger partial charge >= 0.3 is 0 Å². The second-order valence-corrected chi connectivity index (χ2v) is 4.36. The maximum atomic E-state index is 9.91. The van der Waals surface area contributed by atoms with Crippen LogP contribution in [0.3, 0.4) is 0 Å². The Bertz CT molecular complexity index is 408. The fourth-order valence-corrected chi connectivity index (χ4v) is 2.27. The largest absolute Gasteiger partial charge is 0.385 e. The third kappa shape index (κ3) is 2.46. The fraction of sp³-hybridized carbons (Fsp3) is 0.364. The summed E-state index contributed by atoms with van der Waals surface area (Å²) in [5.41, 5.74) is 1.29. The number of nitrogens with zero attached hydrogens (tertiary/aromatic N) is 2. The van der Waals surface area contributed by atoms with E-state index in [-0.39, 0.29) is 0 Å². The third-order valence-corrected chi connectivity index (χ3v) is 3.18. The summed E-state index contributed by atoms with van der Waals surface area (Å²) in [4.78, 5) is 4.13. The van der Waals surface area contributed by atoms with E-state index in [4.69, 9.17) is 0 Å². The monoisotopic (exact) mass is 222 g/mol. The normalized spacial score (nSPS) is 12.9. The lowest BCUT2D eigenvalue weighted by molar-refractivity contribution is 0.155. The molecule has 0 aromatic carbocycles. The van der Waals surface area contributed by atoms with Crippen molar-refractivity contribution in [3.8, 4) is 0 Å². The van der Waals surface area contributed by atoms with Crippen LogP contribution in [-0.4, -0.2) is 14.7 Å². The maximum absolute atomic E-state index is 9.91. The highest BCUT2D eigenvalue weighted by Gasteiger charge is 2.11. The zero-order valence-electron chi connectivity index (χ0n) is 8.63. The molecule has 1 atom stereocenters. The van der Waals surface area contributed by atoms with Crippen LogP contribution in [-0.2, 0) is 13.5 Å². The minimum absolute atomic E-state index is 0.468. The van der Waals surface area contributed by atoms with E-state index < -0.39 is 6.10 Å². The first-order chi connectivity index (χ1) is 7.27. The van der Waals surface area contributed by atoms with Crippen molar-refractivity contribution in [2.24, 2.45) is 7.05 Å². The molecule has 2 heterocycles. The lowest BCUT2D eigenvalue weighted by Crippen LogP contribution is -2.06. The van der Waals surface area contributed by atoms with Gasteiger partial charge in [0.25, 0.3) is 0 Å². The smallest absolute Gasteiger partial charge is 0.137 e. The minimum Gasteiger partial charge on any atom is -0.385 e. The molecule has 0 saturated heterocycles. The van der Waals surface area contributed by atoms with Crippen molar-refractivity contribution >= 4 is 11.3 Å². The van der Waals surface area contributed by atoms with Crippen LogP contribution in [0.25, 0.3) is 0 Å². The van der Waals surface area contributed by atoms with Gasteiger partial charge in [0, 0.05) is 19.4 Å². The summed E-state index contributed by atoms with van der Waals surface area (Å²) >= 11 is 1.69. The molecule has 0 aliphatic carbocycles. The molecule has 0 saturated carbocycles. The molecule has 80 valence electrons. The van der Waals surface area contributed by atoms with Crippen molar-refractivity contribution in [3.63, 3.8) is 0 Å². The van der Waals surface area contributed by atoms with Crippen LogP contribution in [0.15, 0.2) is 29.2 Å². The van der Waals surface area contributed by atoms with Crippen molar-refractivity contribution < 1.29 is 5.11 Å². The van der Waals surface area contributed by atoms with E-state index in [0.717, 1.165) is 18.7 Å². The Balaban J connectivity index is 1.93. The van der Waals surface area contributed by atoms with Gasteiger partial charge in [-0.05, 0) is 35.2 Å². The number of aliphatic hydroxyl groups excluding tert-OH is 1. The lowest BCUT2D eigenvalue weighted by atomic mass is 10.1. The molecule has 4 heteroatoms. The molecule has 0 bridgehead atoms. The molecular weight excluding hydrogens is 208 g/mol. The SMILES string of the molecule is Cn1ccnc1C(O)CCc1ccsc1. The second kappa shape index (κ2) is 4.59. The molecule has 15 heavy (non-hydrogen) atoms. The van der Waals surface area contributed by atoms with Crippen molar-refractivity contribution in [2.75, 3.05) is 0 Å². The highest BCUT2D eigenvalue weighted by Crippen LogP contribution is 2.17. The molecule has 0 amide bonds. The number of aliphatic hydroxyl groups is 1. The first-order valence-electron chi connectivity index (χ1n) is 4.93. The Morgan fingerprint density at radius 1 is 1.60 bits per heavy atom. The number of aromatic nitrogens is 2. The number of rotatable bonds is 4. The first-order valence-corrected chi connectivity index (χ1v) is 5.88. The molecule has 2 aromatic rings. The average Bonchev–Trinajstić information content (AvgIpc) is 2.84. The van der Waals surface area contributed by atoms with Crippen molar-refractivity contribution in [3.05, 3.63) is 40.6 Å². The average molecular weight is 222 g/mol. The molecular formula is C11H14N2OS. The van der Waals surface area contributed by atoms with E-state index in [0.29, 0.717) is 0 Å². The molecule has 0 aliphatic rings. The quantitative estimate of drug-likeness (QED) is 0.860. The Kier molecular flexibility index (Phi) is 3.18. The molecule has 2 aromatic heterocycles. The van der Waals surface area contributed by atoms with E-state index in [1.165, 1.54) is 5.56 Å². The summed E-state index contributed by atoms with van der Waals surface area (Å²) in [6.07, 6.45) is 4.72. The maximum Gasteiger partial charge on any atom is 0.137 e. The summed E-state index contributed by atoms with van der Waals surface area (Å²) < 4.78 is 1.86. The Morgan fingerprint density at radius 2 is 2.47 bits per heavy atom. The van der Waals surface area contributed by atoms with Crippen LogP contribution >= 0.6 is 11.3 Å². The molecule has 1 N–H and O–H groups in total. The van der Waals surface area contributed by atoms with E-state index >= 15 is 0 Å². The third-order valence-electron chi connectivity index (χ3n) is 2.44. The van der Waals surface area contributed by atoms with Crippen molar-refractivity contribution in [1.29, 1.82) is 0 Å². The van der Waals surface area contributed by atoms with Crippen LogP contribution < -0.4 is 0 Å². The second-order valence-electron chi connectivity index (χ2n) is 3.58. The standard InChI is InChI=1S/C11H14N2OS/c1-13-6-5-12-11(13)10(14)3-2-9-4-7-15-8-9/h4-8,10,14H,2-3H2,1H3. The molecule has 0 fully saturated rings. The predicted octanol–water partition coefficient (Wildman–Crippen LogP) is 2.15. The zero-order chi connectivity index (χ0) is 10.7. The lowest BCUT2D eigenvalue weighted by Gasteiger charge is -2.09. The van der Waals surface area contributed by atoms with Gasteiger partial charge in [0.2, 0.25) is 0 Å². The highest BCUT2D eigenvalue weighted by atomic mass is 32.1. The summed E-state index contributed by atoms with van der Waals surface area (Å²) in [6, 6.07) is 2.09. The molecule has 1 unspecified atom stereocenters. The molecule has 0 aliphatic heterocycles. The first kappa shape index (κ1) is 10.4. The fourth-order valence-electron chi connectivity index (χ4n) is 1.57. The van der Waals surface area contributed by atoms with E-state index in [2.05, 4.69) is 21.8 Å². The van der Waals surface area contributed by atoms with Gasteiger partial charge in [-0.25, -0.2) is 4.98 Å². The van der Waals surface area contributed by atoms with Crippen LogP contribution in [0.2, 0.25) is 0 Å². The van der Waals surface area contributed by atoms with Gasteiger partial charge in [-0.2, -0.15) is 11.3 Å². The summed E-state index contributed by atoms with van der Waals surface area (Å²) in [5, 5.41) is 14.1. The number of thiophene rings is 1. The highest BCUT2D eigenvalue weighted by molar-refractivity contribution is 7.07. The van der Waals surface area contributed by atoms with Crippen molar-refractivity contribution in [2.45, 2.75) is 18.9 Å². The van der Waals surface area contributed by atoms with Gasteiger partial charge in [0.1, 0.15) is 11.9 Å². The van der Waals surface area contributed by atoms with E-state index in [9.17, 15) is 5.11 Å². The van der Waals surface area contributed by atoms with Gasteiger partial charge in [-0.1, -0.05) is 0 Å². The van der Waals surface area contributed by atoms with Gasteiger partial charge < -0.3 is 9.67 Å². The van der Waals surface area contributed by atoms with Crippen LogP contribution in [0, 0.1) is 0 Å². The molecule has 0 spiro atoms. The van der Waals surface area contributed by atoms with Crippen LogP contribution in [0.4, 0.5) is 0 Å². The van der Waals surface area contributed by atoms with Crippen LogP contribution in [0.5, 0.6) is 0 Å². The number of imidazole rings is 1. The predicted molar refractivity (Wildman–Crippen MR) is 60.8 cm³/mol. The molecule has 2 rings (SSSR count). The topological polar surface area (TPSA) is 38.0 Å². The Morgan fingerprint density at radius 3 is 3.07 bits per heavy atom. The minimum atomic E-state index is -0.468. The number of aryl methyl sites for hydroxylation is 2. The van der Waals surface area contributed by atoms with E-state index in [1.54, 1.807) is 17.5 Å². The summed E-state index contributed by atoms with van der Waals surface area (Å²) in [7, 11) is 1.90. The van der Waals surface area contributed by atoms with Gasteiger partial charge in [0.15, 0.2) is 0 Å². The van der Waals surface area contributed by atoms with Crippen molar-refractivity contribution in [1.82, 2.24) is 9.55 Å². The van der Waals surface area contributed by atoms with Gasteiger partial charge in [-0.3, -0.25) is 0 Å². The summed E-state index contributed by atoms with van der Waals surface area (Å²) in [5.74, 6) is 0.741. The molecule has 0 radical (unpaired) electrons. The summed E-state index contributed by atoms with van der Waals surface area (Å²) in [6.45, 7) is 0. The molecule has 3 nitrogen and oxygen atoms in total. The van der Waals surface area contributed by atoms with Gasteiger partial charge in [-0.15, -0.1) is 0 Å². The van der Waals surface area contributed by atoms with Gasteiger partial charge in [0.05, 0.1) is 0 Å². The number of hydrogen-bond acceptors (Lipinski definition) is 3. The number of hydrogen-bond donors (Lipinski definition) is 1. The Labute approximate surface area is 93.0 Å². The Hall–Kier alpha value is -1.13. The van der Waals surface area contributed by atoms with Crippen LogP contribution in [0.1, 0.15) is 23.9 Å². The van der Waals surface area contributed by atoms with E-state index in [1.807, 2.05) is 17.8 Å². The zero-order valence-corrected chi connectivity index (χ0v) is 9.44.